The third kappa shape index (κ3) is 5.34. The Kier molecular flexibility index (Phi) is 4.13. The highest BCUT2D eigenvalue weighted by molar-refractivity contribution is 5.32. The van der Waals surface area contributed by atoms with Crippen molar-refractivity contribution in [1.82, 2.24) is 0 Å². The minimum atomic E-state index is 0.126. The van der Waals surface area contributed by atoms with Crippen molar-refractivity contribution in [3.63, 3.8) is 0 Å². The van der Waals surface area contributed by atoms with E-state index in [0.29, 0.717) is 0 Å². The molecule has 0 N–H and O–H groups in total. The molecule has 0 aromatic carbocycles. The zero-order chi connectivity index (χ0) is 6.41. The van der Waals surface area contributed by atoms with Crippen molar-refractivity contribution < 1.29 is 9.53 Å². The minimum absolute atomic E-state index is 0.126. The summed E-state index contributed by atoms with van der Waals surface area (Å²) in [5.74, 6) is 0. The Hall–Kier alpha value is -0.660. The van der Waals surface area contributed by atoms with Crippen LogP contribution in [-0.4, -0.2) is 18.9 Å². The Bertz CT molecular complexity index is 94.6. The maximum atomic E-state index is 9.41. The SMILES string of the molecule is CC(C)OCN=C=O. The molecular weight excluding hydrogens is 106 g/mol. The predicted octanol–water partition coefficient (Wildman–Crippen LogP) is 0.705. The van der Waals surface area contributed by atoms with Gasteiger partial charge in [-0.05, 0) is 13.8 Å². The van der Waals surface area contributed by atoms with Gasteiger partial charge >= 0.3 is 0 Å². The first kappa shape index (κ1) is 7.34. The van der Waals surface area contributed by atoms with Gasteiger partial charge < -0.3 is 4.74 Å². The number of nitrogens with zero attached hydrogens (tertiary/aromatic N) is 1. The average molecular weight is 115 g/mol. The summed E-state index contributed by atoms with van der Waals surface area (Å²) >= 11 is 0. The van der Waals surface area contributed by atoms with E-state index in [2.05, 4.69) is 4.99 Å². The molecule has 0 aliphatic heterocycles. The summed E-state index contributed by atoms with van der Waals surface area (Å²) in [7, 11) is 0. The predicted molar refractivity (Wildman–Crippen MR) is 29.2 cm³/mol. The molecule has 0 heterocycles. The molecule has 0 radical (unpaired) electrons. The van der Waals surface area contributed by atoms with E-state index in [4.69, 9.17) is 4.74 Å². The average Bonchev–Trinajstić information content (AvgIpc) is 1.66. The van der Waals surface area contributed by atoms with E-state index < -0.39 is 0 Å². The van der Waals surface area contributed by atoms with Crippen LogP contribution in [0.4, 0.5) is 0 Å². The Balaban J connectivity index is 3.05. The van der Waals surface area contributed by atoms with Gasteiger partial charge in [0.2, 0.25) is 6.08 Å². The summed E-state index contributed by atoms with van der Waals surface area (Å²) in [5.41, 5.74) is 0. The maximum Gasteiger partial charge on any atom is 0.237 e. The molecule has 0 aliphatic carbocycles. The number of isocyanates is 1. The van der Waals surface area contributed by atoms with Crippen molar-refractivity contribution in [1.29, 1.82) is 0 Å². The molecule has 3 nitrogen and oxygen atoms in total. The summed E-state index contributed by atoms with van der Waals surface area (Å²) in [6.45, 7) is 3.88. The van der Waals surface area contributed by atoms with E-state index in [1.807, 2.05) is 13.8 Å². The highest BCUT2D eigenvalue weighted by atomic mass is 16.5. The number of rotatable bonds is 3. The van der Waals surface area contributed by atoms with Crippen LogP contribution in [0.3, 0.4) is 0 Å². The van der Waals surface area contributed by atoms with E-state index in [1.165, 1.54) is 6.08 Å². The molecule has 46 valence electrons. The van der Waals surface area contributed by atoms with E-state index >= 15 is 0 Å². The molecule has 0 atom stereocenters. The highest BCUT2D eigenvalue weighted by Gasteiger charge is 1.87. The van der Waals surface area contributed by atoms with Crippen LogP contribution >= 0.6 is 0 Å². The summed E-state index contributed by atoms with van der Waals surface area (Å²) in [6, 6.07) is 0. The van der Waals surface area contributed by atoms with Crippen molar-refractivity contribution in [3.8, 4) is 0 Å². The molecule has 0 unspecified atom stereocenters. The first-order chi connectivity index (χ1) is 3.77. The van der Waals surface area contributed by atoms with Crippen LogP contribution < -0.4 is 0 Å². The van der Waals surface area contributed by atoms with Crippen molar-refractivity contribution in [2.24, 2.45) is 4.99 Å². The van der Waals surface area contributed by atoms with Crippen molar-refractivity contribution in [2.75, 3.05) is 6.73 Å². The largest absolute Gasteiger partial charge is 0.356 e. The summed E-state index contributed by atoms with van der Waals surface area (Å²) in [5, 5.41) is 0. The van der Waals surface area contributed by atoms with Gasteiger partial charge in [-0.1, -0.05) is 0 Å². The van der Waals surface area contributed by atoms with Crippen LogP contribution in [0.25, 0.3) is 0 Å². The van der Waals surface area contributed by atoms with Gasteiger partial charge in [0.1, 0.15) is 6.73 Å². The summed E-state index contributed by atoms with van der Waals surface area (Å²) < 4.78 is 4.85. The smallest absolute Gasteiger partial charge is 0.237 e. The number of carbonyl (C=O) groups excluding carboxylic acids is 1. The van der Waals surface area contributed by atoms with Gasteiger partial charge in [0.25, 0.3) is 0 Å². The van der Waals surface area contributed by atoms with Crippen LogP contribution in [-0.2, 0) is 9.53 Å². The quantitative estimate of drug-likeness (QED) is 0.401. The lowest BCUT2D eigenvalue weighted by Gasteiger charge is -1.99. The van der Waals surface area contributed by atoms with Crippen molar-refractivity contribution in [2.45, 2.75) is 20.0 Å². The summed E-state index contributed by atoms with van der Waals surface area (Å²) in [6.07, 6.45) is 1.50. The van der Waals surface area contributed by atoms with E-state index in [0.717, 1.165) is 0 Å². The van der Waals surface area contributed by atoms with Gasteiger partial charge in [0, 0.05) is 0 Å². The fraction of sp³-hybridized carbons (Fsp3) is 0.800. The second kappa shape index (κ2) is 4.50. The van der Waals surface area contributed by atoms with Gasteiger partial charge in [0.05, 0.1) is 6.10 Å². The fourth-order valence-electron chi connectivity index (χ4n) is 0.213. The van der Waals surface area contributed by atoms with Gasteiger partial charge in [-0.2, -0.15) is 4.99 Å². The molecule has 3 heteroatoms. The van der Waals surface area contributed by atoms with Gasteiger partial charge in [-0.15, -0.1) is 0 Å². The van der Waals surface area contributed by atoms with E-state index in [-0.39, 0.29) is 12.8 Å². The third-order valence-electron chi connectivity index (χ3n) is 0.537. The molecular formula is C5H9NO2. The fourth-order valence-corrected chi connectivity index (χ4v) is 0.213. The molecule has 0 spiro atoms. The normalized spacial score (nSPS) is 8.88. The molecule has 0 saturated heterocycles. The number of hydrogen-bond donors (Lipinski definition) is 0. The first-order valence-corrected chi connectivity index (χ1v) is 2.42. The molecule has 0 saturated carbocycles. The monoisotopic (exact) mass is 115 g/mol. The molecule has 0 aromatic rings. The number of aliphatic imine (C=N–C) groups is 1. The lowest BCUT2D eigenvalue weighted by atomic mass is 10.5. The van der Waals surface area contributed by atoms with Crippen LogP contribution in [0, 0.1) is 0 Å². The molecule has 8 heavy (non-hydrogen) atoms. The van der Waals surface area contributed by atoms with Crippen LogP contribution in [0.5, 0.6) is 0 Å². The Morgan fingerprint density at radius 2 is 2.38 bits per heavy atom. The molecule has 0 aliphatic rings. The zero-order valence-corrected chi connectivity index (χ0v) is 5.05. The Morgan fingerprint density at radius 1 is 1.75 bits per heavy atom. The standard InChI is InChI=1S/C5H9NO2/c1-5(2)8-4-6-3-7/h5H,4H2,1-2H3. The minimum Gasteiger partial charge on any atom is -0.356 e. The third-order valence-corrected chi connectivity index (χ3v) is 0.537. The van der Waals surface area contributed by atoms with Crippen molar-refractivity contribution in [3.05, 3.63) is 0 Å². The van der Waals surface area contributed by atoms with Crippen LogP contribution in [0.15, 0.2) is 4.99 Å². The van der Waals surface area contributed by atoms with Gasteiger partial charge in [0.15, 0.2) is 0 Å². The van der Waals surface area contributed by atoms with Crippen LogP contribution in [0.2, 0.25) is 0 Å². The molecule has 0 amide bonds. The Morgan fingerprint density at radius 3 is 2.75 bits per heavy atom. The van der Waals surface area contributed by atoms with Crippen LogP contribution in [0.1, 0.15) is 13.8 Å². The van der Waals surface area contributed by atoms with Gasteiger partial charge in [-0.25, -0.2) is 4.79 Å². The lowest BCUT2D eigenvalue weighted by Crippen LogP contribution is -2.01. The van der Waals surface area contributed by atoms with E-state index in [1.54, 1.807) is 0 Å². The zero-order valence-electron chi connectivity index (χ0n) is 5.05. The summed E-state index contributed by atoms with van der Waals surface area (Å²) in [4.78, 5) is 12.6. The molecule has 0 fully saturated rings. The topological polar surface area (TPSA) is 38.7 Å². The molecule has 0 bridgehead atoms. The number of hydrogen-bond acceptors (Lipinski definition) is 3. The van der Waals surface area contributed by atoms with Crippen molar-refractivity contribution >= 4 is 6.08 Å². The first-order valence-electron chi connectivity index (χ1n) is 2.42. The Labute approximate surface area is 48.4 Å². The molecule has 0 rings (SSSR count). The number of ether oxygens (including phenoxy) is 1. The van der Waals surface area contributed by atoms with E-state index in [9.17, 15) is 4.79 Å². The second-order valence-corrected chi connectivity index (χ2v) is 1.59. The lowest BCUT2D eigenvalue weighted by molar-refractivity contribution is 0.0855. The second-order valence-electron chi connectivity index (χ2n) is 1.59. The highest BCUT2D eigenvalue weighted by Crippen LogP contribution is 1.84. The van der Waals surface area contributed by atoms with Gasteiger partial charge in [-0.3, -0.25) is 0 Å². The maximum absolute atomic E-state index is 9.41. The molecule has 0 aromatic heterocycles.